The molecule has 0 bridgehead atoms. The molecule has 0 aliphatic heterocycles. The molecule has 0 spiro atoms. The average molecular weight is 168 g/mol. The minimum absolute atomic E-state index is 0.887. The van der Waals surface area contributed by atoms with Gasteiger partial charge in [0, 0.05) is 0 Å². The van der Waals surface area contributed by atoms with Crippen LogP contribution in [-0.4, -0.2) is 0 Å². The molecule has 0 nitrogen and oxygen atoms in total. The van der Waals surface area contributed by atoms with Crippen LogP contribution in [-0.2, 0) is 0 Å². The Balaban J connectivity index is 2.37. The summed E-state index contributed by atoms with van der Waals surface area (Å²) in [5, 5.41) is 0. The van der Waals surface area contributed by atoms with Crippen molar-refractivity contribution in [3.05, 3.63) is 0 Å². The Morgan fingerprint density at radius 1 is 1.08 bits per heavy atom. The van der Waals surface area contributed by atoms with E-state index in [-0.39, 0.29) is 0 Å². The molecule has 0 saturated heterocycles. The van der Waals surface area contributed by atoms with Gasteiger partial charge in [0.15, 0.2) is 0 Å². The van der Waals surface area contributed by atoms with Crippen molar-refractivity contribution >= 4 is 0 Å². The van der Waals surface area contributed by atoms with Crippen LogP contribution in [0.15, 0.2) is 0 Å². The Labute approximate surface area is 77.7 Å². The number of rotatable bonds is 4. The van der Waals surface area contributed by atoms with Crippen molar-refractivity contribution in [2.24, 2.45) is 23.7 Å². The quantitative estimate of drug-likeness (QED) is 0.592. The van der Waals surface area contributed by atoms with Gasteiger partial charge in [-0.2, -0.15) is 0 Å². The molecule has 1 aliphatic carbocycles. The summed E-state index contributed by atoms with van der Waals surface area (Å²) in [6.45, 7) is 9.50. The molecular formula is C12H24. The van der Waals surface area contributed by atoms with Gasteiger partial charge in [-0.05, 0) is 30.1 Å². The molecule has 1 atom stereocenters. The van der Waals surface area contributed by atoms with Crippen LogP contribution >= 0.6 is 0 Å². The highest BCUT2D eigenvalue weighted by Gasteiger charge is 2.29. The molecule has 1 aliphatic rings. The third kappa shape index (κ3) is 2.50. The lowest BCUT2D eigenvalue weighted by Gasteiger charge is -2.37. The molecule has 0 N–H and O–H groups in total. The first-order valence-electron chi connectivity index (χ1n) is 5.61. The summed E-state index contributed by atoms with van der Waals surface area (Å²) in [5.74, 6) is 3.88. The van der Waals surface area contributed by atoms with Crippen molar-refractivity contribution in [1.29, 1.82) is 0 Å². The van der Waals surface area contributed by atoms with Gasteiger partial charge in [0.05, 0.1) is 0 Å². The molecule has 0 unspecified atom stereocenters. The zero-order valence-corrected chi connectivity index (χ0v) is 9.14. The van der Waals surface area contributed by atoms with Crippen LogP contribution in [0.4, 0.5) is 0 Å². The second-order valence-electron chi connectivity index (χ2n) is 5.23. The first-order chi connectivity index (χ1) is 5.61. The van der Waals surface area contributed by atoms with Gasteiger partial charge in [0.2, 0.25) is 0 Å². The summed E-state index contributed by atoms with van der Waals surface area (Å²) < 4.78 is 0. The van der Waals surface area contributed by atoms with E-state index in [0.717, 1.165) is 23.7 Å². The summed E-state index contributed by atoms with van der Waals surface area (Å²) in [6, 6.07) is 0. The lowest BCUT2D eigenvalue weighted by Crippen LogP contribution is -2.27. The van der Waals surface area contributed by atoms with Crippen LogP contribution in [0.5, 0.6) is 0 Å². The van der Waals surface area contributed by atoms with Gasteiger partial charge in [-0.1, -0.05) is 47.0 Å². The Hall–Kier alpha value is 0. The summed E-state index contributed by atoms with van der Waals surface area (Å²) in [7, 11) is 0. The van der Waals surface area contributed by atoms with E-state index in [2.05, 4.69) is 27.7 Å². The second kappa shape index (κ2) is 4.30. The standard InChI is InChI=1S/C12H24/c1-9(2)8-12(10(3)4)11-6-5-7-11/h9-12H,5-8H2,1-4H3/t12-/m1/s1. The molecule has 0 heteroatoms. The van der Waals surface area contributed by atoms with E-state index < -0.39 is 0 Å². The normalized spacial score (nSPS) is 21.5. The van der Waals surface area contributed by atoms with Crippen molar-refractivity contribution in [2.75, 3.05) is 0 Å². The monoisotopic (exact) mass is 168 g/mol. The van der Waals surface area contributed by atoms with Gasteiger partial charge in [-0.3, -0.25) is 0 Å². The Morgan fingerprint density at radius 3 is 1.92 bits per heavy atom. The molecule has 0 heterocycles. The van der Waals surface area contributed by atoms with Gasteiger partial charge in [0.25, 0.3) is 0 Å². The van der Waals surface area contributed by atoms with E-state index in [4.69, 9.17) is 0 Å². The fraction of sp³-hybridized carbons (Fsp3) is 1.00. The van der Waals surface area contributed by atoms with Crippen molar-refractivity contribution in [3.8, 4) is 0 Å². The Kier molecular flexibility index (Phi) is 3.61. The van der Waals surface area contributed by atoms with Crippen LogP contribution in [0.25, 0.3) is 0 Å². The van der Waals surface area contributed by atoms with E-state index in [1.807, 2.05) is 0 Å². The highest BCUT2D eigenvalue weighted by Crippen LogP contribution is 2.40. The van der Waals surface area contributed by atoms with Gasteiger partial charge in [0.1, 0.15) is 0 Å². The molecule has 0 aromatic carbocycles. The van der Waals surface area contributed by atoms with E-state index in [9.17, 15) is 0 Å². The zero-order chi connectivity index (χ0) is 9.14. The molecule has 0 aromatic heterocycles. The molecule has 12 heavy (non-hydrogen) atoms. The van der Waals surface area contributed by atoms with E-state index in [1.165, 1.54) is 25.7 Å². The lowest BCUT2D eigenvalue weighted by molar-refractivity contribution is 0.136. The van der Waals surface area contributed by atoms with Crippen molar-refractivity contribution < 1.29 is 0 Å². The topological polar surface area (TPSA) is 0 Å². The zero-order valence-electron chi connectivity index (χ0n) is 9.14. The van der Waals surface area contributed by atoms with Gasteiger partial charge >= 0.3 is 0 Å². The predicted octanol–water partition coefficient (Wildman–Crippen LogP) is 4.10. The molecule has 0 aromatic rings. The highest BCUT2D eigenvalue weighted by molar-refractivity contribution is 4.80. The molecule has 1 fully saturated rings. The largest absolute Gasteiger partial charge is 0.0628 e. The maximum atomic E-state index is 2.39. The Morgan fingerprint density at radius 2 is 1.67 bits per heavy atom. The van der Waals surface area contributed by atoms with Gasteiger partial charge in [-0.15, -0.1) is 0 Å². The molecule has 72 valence electrons. The minimum Gasteiger partial charge on any atom is -0.0628 e. The van der Waals surface area contributed by atoms with Gasteiger partial charge in [-0.25, -0.2) is 0 Å². The second-order valence-corrected chi connectivity index (χ2v) is 5.23. The van der Waals surface area contributed by atoms with Crippen molar-refractivity contribution in [1.82, 2.24) is 0 Å². The molecule has 0 amide bonds. The summed E-state index contributed by atoms with van der Waals surface area (Å²) in [6.07, 6.45) is 5.96. The first kappa shape index (κ1) is 10.1. The van der Waals surface area contributed by atoms with Crippen molar-refractivity contribution in [2.45, 2.75) is 53.4 Å². The summed E-state index contributed by atoms with van der Waals surface area (Å²) >= 11 is 0. The molecule has 1 saturated carbocycles. The van der Waals surface area contributed by atoms with Crippen LogP contribution in [0.2, 0.25) is 0 Å². The molecule has 0 radical (unpaired) electrons. The fourth-order valence-corrected chi connectivity index (χ4v) is 2.42. The third-order valence-corrected chi connectivity index (χ3v) is 3.36. The number of hydrogen-bond acceptors (Lipinski definition) is 0. The van der Waals surface area contributed by atoms with Crippen LogP contribution in [0, 0.1) is 23.7 Å². The van der Waals surface area contributed by atoms with Crippen molar-refractivity contribution in [3.63, 3.8) is 0 Å². The third-order valence-electron chi connectivity index (χ3n) is 3.36. The van der Waals surface area contributed by atoms with E-state index >= 15 is 0 Å². The molecular weight excluding hydrogens is 144 g/mol. The van der Waals surface area contributed by atoms with Crippen LogP contribution < -0.4 is 0 Å². The Bertz CT molecular complexity index is 120. The van der Waals surface area contributed by atoms with Crippen LogP contribution in [0.3, 0.4) is 0 Å². The molecule has 1 rings (SSSR count). The van der Waals surface area contributed by atoms with Gasteiger partial charge < -0.3 is 0 Å². The van der Waals surface area contributed by atoms with Crippen LogP contribution in [0.1, 0.15) is 53.4 Å². The smallest absolute Gasteiger partial charge is 0.0360 e. The summed E-state index contributed by atoms with van der Waals surface area (Å²) in [4.78, 5) is 0. The van der Waals surface area contributed by atoms with E-state index in [1.54, 1.807) is 0 Å². The average Bonchev–Trinajstić information content (AvgIpc) is 1.80. The minimum atomic E-state index is 0.887. The maximum Gasteiger partial charge on any atom is -0.0360 e. The first-order valence-corrected chi connectivity index (χ1v) is 5.61. The maximum absolute atomic E-state index is 2.39. The number of hydrogen-bond donors (Lipinski definition) is 0. The fourth-order valence-electron chi connectivity index (χ4n) is 2.42. The lowest BCUT2D eigenvalue weighted by atomic mass is 9.69. The predicted molar refractivity (Wildman–Crippen MR) is 55.1 cm³/mol. The van der Waals surface area contributed by atoms with E-state index in [0.29, 0.717) is 0 Å². The SMILES string of the molecule is CC(C)C[C@H](C(C)C)C1CCC1. The summed E-state index contributed by atoms with van der Waals surface area (Å²) in [5.41, 5.74) is 0. The highest BCUT2D eigenvalue weighted by atomic mass is 14.3.